The van der Waals surface area contributed by atoms with Gasteiger partial charge in [0.2, 0.25) is 5.91 Å². The molecule has 0 fully saturated rings. The average molecular weight is 282 g/mol. The van der Waals surface area contributed by atoms with Crippen LogP contribution in [-0.4, -0.2) is 17.6 Å². The van der Waals surface area contributed by atoms with Crippen molar-refractivity contribution in [3.8, 4) is 0 Å². The second-order valence-corrected chi connectivity index (χ2v) is 5.14. The molecule has 0 aliphatic carbocycles. The van der Waals surface area contributed by atoms with E-state index in [-0.39, 0.29) is 6.04 Å². The van der Waals surface area contributed by atoms with Gasteiger partial charge in [-0.25, -0.2) is 0 Å². The Hall–Kier alpha value is -1.36. The molecular formula is C13H12ClNO2S. The summed E-state index contributed by atoms with van der Waals surface area (Å²) in [5, 5.41) is 14.2. The minimum atomic E-state index is -0.518. The molecule has 0 aliphatic rings. The summed E-state index contributed by atoms with van der Waals surface area (Å²) < 4.78 is 0. The zero-order valence-corrected chi connectivity index (χ0v) is 11.0. The number of rotatable bonds is 4. The molecule has 0 aliphatic heterocycles. The Balaban J connectivity index is 2.30. The molecule has 5 heteroatoms. The van der Waals surface area contributed by atoms with Gasteiger partial charge in [0.05, 0.1) is 6.04 Å². The van der Waals surface area contributed by atoms with Crippen LogP contribution in [0.1, 0.15) is 16.5 Å². The Kier molecular flexibility index (Phi) is 4.36. The number of carbonyl (C=O) groups is 1. The molecule has 1 aromatic heterocycles. The maximum Gasteiger partial charge on any atom is 0.246 e. The maximum atomic E-state index is 11.4. The van der Waals surface area contributed by atoms with Gasteiger partial charge >= 0.3 is 0 Å². The molecular weight excluding hydrogens is 270 g/mol. The fraction of sp³-hybridized carbons (Fsp3) is 0.154. The molecule has 0 radical (unpaired) electrons. The predicted molar refractivity (Wildman–Crippen MR) is 72.8 cm³/mol. The van der Waals surface area contributed by atoms with Gasteiger partial charge in [0.1, 0.15) is 6.61 Å². The van der Waals surface area contributed by atoms with E-state index < -0.39 is 12.5 Å². The van der Waals surface area contributed by atoms with Crippen molar-refractivity contribution in [2.45, 2.75) is 6.04 Å². The third kappa shape index (κ3) is 3.10. The monoisotopic (exact) mass is 281 g/mol. The molecule has 1 amide bonds. The van der Waals surface area contributed by atoms with Crippen LogP contribution < -0.4 is 5.32 Å². The molecule has 2 rings (SSSR count). The number of halogens is 1. The van der Waals surface area contributed by atoms with E-state index >= 15 is 0 Å². The van der Waals surface area contributed by atoms with Crippen molar-refractivity contribution in [3.63, 3.8) is 0 Å². The van der Waals surface area contributed by atoms with Gasteiger partial charge in [0.15, 0.2) is 0 Å². The summed E-state index contributed by atoms with van der Waals surface area (Å²) in [4.78, 5) is 12.4. The number of hydrogen-bond acceptors (Lipinski definition) is 3. The highest BCUT2D eigenvalue weighted by molar-refractivity contribution is 7.10. The zero-order chi connectivity index (χ0) is 13.0. The van der Waals surface area contributed by atoms with E-state index in [1.165, 1.54) is 0 Å². The minimum absolute atomic E-state index is 0.248. The lowest BCUT2D eigenvalue weighted by molar-refractivity contribution is -0.124. The van der Waals surface area contributed by atoms with Gasteiger partial charge in [-0.1, -0.05) is 29.8 Å². The molecule has 0 spiro atoms. The van der Waals surface area contributed by atoms with E-state index in [1.807, 2.05) is 29.6 Å². The highest BCUT2D eigenvalue weighted by Crippen LogP contribution is 2.26. The van der Waals surface area contributed by atoms with Gasteiger partial charge in [0, 0.05) is 9.90 Å². The van der Waals surface area contributed by atoms with Crippen LogP contribution >= 0.6 is 22.9 Å². The van der Waals surface area contributed by atoms with Gasteiger partial charge in [-0.2, -0.15) is 0 Å². The Bertz CT molecular complexity index is 510. The fourth-order valence-corrected chi connectivity index (χ4v) is 2.56. The normalized spacial score (nSPS) is 12.1. The first-order chi connectivity index (χ1) is 8.70. The summed E-state index contributed by atoms with van der Waals surface area (Å²) in [5.74, 6) is -0.400. The van der Waals surface area contributed by atoms with Crippen LogP contribution in [-0.2, 0) is 4.79 Å². The van der Waals surface area contributed by atoms with Crippen molar-refractivity contribution < 1.29 is 9.90 Å². The smallest absolute Gasteiger partial charge is 0.246 e. The average Bonchev–Trinajstić information content (AvgIpc) is 2.90. The van der Waals surface area contributed by atoms with Gasteiger partial charge in [0.25, 0.3) is 0 Å². The van der Waals surface area contributed by atoms with E-state index in [1.54, 1.807) is 23.5 Å². The third-order valence-corrected chi connectivity index (χ3v) is 3.67. The van der Waals surface area contributed by atoms with Crippen LogP contribution in [0.15, 0.2) is 41.8 Å². The Morgan fingerprint density at radius 1 is 1.33 bits per heavy atom. The highest BCUT2D eigenvalue weighted by atomic mass is 35.5. The lowest BCUT2D eigenvalue weighted by atomic mass is 10.1. The van der Waals surface area contributed by atoms with E-state index in [0.717, 1.165) is 10.4 Å². The number of nitrogens with one attached hydrogen (secondary N) is 1. The topological polar surface area (TPSA) is 49.3 Å². The standard InChI is InChI=1S/C13H12ClNO2S/c14-10-5-3-9(4-6-10)13(15-12(17)8-16)11-2-1-7-18-11/h1-7,13,16H,8H2,(H,15,17). The van der Waals surface area contributed by atoms with Crippen LogP contribution in [0, 0.1) is 0 Å². The van der Waals surface area contributed by atoms with Crippen molar-refractivity contribution in [3.05, 3.63) is 57.2 Å². The van der Waals surface area contributed by atoms with Crippen molar-refractivity contribution in [2.24, 2.45) is 0 Å². The van der Waals surface area contributed by atoms with E-state index in [9.17, 15) is 4.79 Å². The zero-order valence-electron chi connectivity index (χ0n) is 9.47. The Morgan fingerprint density at radius 2 is 2.06 bits per heavy atom. The highest BCUT2D eigenvalue weighted by Gasteiger charge is 2.17. The van der Waals surface area contributed by atoms with Crippen LogP contribution in [0.2, 0.25) is 5.02 Å². The first-order valence-electron chi connectivity index (χ1n) is 5.40. The third-order valence-electron chi connectivity index (χ3n) is 2.48. The van der Waals surface area contributed by atoms with Gasteiger partial charge in [-0.3, -0.25) is 4.79 Å². The second-order valence-electron chi connectivity index (χ2n) is 3.73. The maximum absolute atomic E-state index is 11.4. The number of aliphatic hydroxyl groups is 1. The lowest BCUT2D eigenvalue weighted by Gasteiger charge is -2.17. The van der Waals surface area contributed by atoms with Gasteiger partial charge in [-0.05, 0) is 29.1 Å². The summed E-state index contributed by atoms with van der Waals surface area (Å²) >= 11 is 7.40. The number of benzene rings is 1. The largest absolute Gasteiger partial charge is 0.387 e. The number of hydrogen-bond donors (Lipinski definition) is 2. The van der Waals surface area contributed by atoms with E-state index in [4.69, 9.17) is 16.7 Å². The summed E-state index contributed by atoms with van der Waals surface area (Å²) in [7, 11) is 0. The summed E-state index contributed by atoms with van der Waals surface area (Å²) in [6.45, 7) is -0.518. The van der Waals surface area contributed by atoms with E-state index in [2.05, 4.69) is 5.32 Å². The molecule has 2 aromatic rings. The molecule has 1 heterocycles. The van der Waals surface area contributed by atoms with Crippen LogP contribution in [0.5, 0.6) is 0 Å². The quantitative estimate of drug-likeness (QED) is 0.905. The van der Waals surface area contributed by atoms with Crippen molar-refractivity contribution in [2.75, 3.05) is 6.61 Å². The Labute approximate surface area is 114 Å². The lowest BCUT2D eigenvalue weighted by Crippen LogP contribution is -2.30. The van der Waals surface area contributed by atoms with Crippen molar-refractivity contribution >= 4 is 28.8 Å². The van der Waals surface area contributed by atoms with Gasteiger partial charge < -0.3 is 10.4 Å². The molecule has 1 unspecified atom stereocenters. The molecule has 0 saturated carbocycles. The SMILES string of the molecule is O=C(CO)NC(c1ccc(Cl)cc1)c1cccs1. The Morgan fingerprint density at radius 3 is 2.61 bits per heavy atom. The summed E-state index contributed by atoms with van der Waals surface area (Å²) in [6.07, 6.45) is 0. The second kappa shape index (κ2) is 6.00. The first kappa shape index (κ1) is 13.1. The van der Waals surface area contributed by atoms with Crippen molar-refractivity contribution in [1.82, 2.24) is 5.32 Å². The number of aliphatic hydroxyl groups excluding tert-OH is 1. The minimum Gasteiger partial charge on any atom is -0.387 e. The van der Waals surface area contributed by atoms with Crippen LogP contribution in [0.4, 0.5) is 0 Å². The van der Waals surface area contributed by atoms with Crippen molar-refractivity contribution in [1.29, 1.82) is 0 Å². The van der Waals surface area contributed by atoms with E-state index in [0.29, 0.717) is 5.02 Å². The molecule has 94 valence electrons. The fourth-order valence-electron chi connectivity index (χ4n) is 1.64. The molecule has 1 aromatic carbocycles. The molecule has 0 bridgehead atoms. The number of thiophene rings is 1. The molecule has 2 N–H and O–H groups in total. The van der Waals surface area contributed by atoms with Crippen LogP contribution in [0.3, 0.4) is 0 Å². The number of amides is 1. The predicted octanol–water partition coefficient (Wildman–Crippen LogP) is 2.60. The van der Waals surface area contributed by atoms with Crippen LogP contribution in [0.25, 0.3) is 0 Å². The molecule has 3 nitrogen and oxygen atoms in total. The molecule has 0 saturated heterocycles. The summed E-state index contributed by atoms with van der Waals surface area (Å²) in [5.41, 5.74) is 0.934. The molecule has 1 atom stereocenters. The first-order valence-corrected chi connectivity index (χ1v) is 6.65. The van der Waals surface area contributed by atoms with Gasteiger partial charge in [-0.15, -0.1) is 11.3 Å². The molecule has 18 heavy (non-hydrogen) atoms. The number of carbonyl (C=O) groups excluding carboxylic acids is 1. The summed E-state index contributed by atoms with van der Waals surface area (Å²) in [6, 6.07) is 10.9.